The quantitative estimate of drug-likeness (QED) is 0.279. The maximum absolute atomic E-state index is 12.7. The van der Waals surface area contributed by atoms with Gasteiger partial charge in [-0.25, -0.2) is 4.79 Å². The number of primary amides is 1. The Balaban J connectivity index is 2.87. The van der Waals surface area contributed by atoms with E-state index in [4.69, 9.17) is 16.6 Å². The number of nitrogens with two attached hydrogens (primary N) is 2. The van der Waals surface area contributed by atoms with E-state index in [2.05, 4.69) is 10.6 Å². The van der Waals surface area contributed by atoms with Crippen LogP contribution < -0.4 is 22.1 Å². The van der Waals surface area contributed by atoms with Crippen molar-refractivity contribution >= 4 is 29.6 Å². The molecule has 0 saturated carbocycles. The van der Waals surface area contributed by atoms with Gasteiger partial charge < -0.3 is 32.1 Å². The van der Waals surface area contributed by atoms with Crippen LogP contribution in [0.1, 0.15) is 39.5 Å². The van der Waals surface area contributed by atoms with Gasteiger partial charge in [-0.05, 0) is 25.2 Å². The normalized spacial score (nSPS) is 18.4. The molecule has 1 fully saturated rings. The van der Waals surface area contributed by atoms with Crippen molar-refractivity contribution in [3.05, 3.63) is 0 Å². The Labute approximate surface area is 163 Å². The Kier molecular flexibility index (Phi) is 8.83. The lowest BCUT2D eigenvalue weighted by molar-refractivity contribution is -0.144. The van der Waals surface area contributed by atoms with Gasteiger partial charge in [0, 0.05) is 6.54 Å². The number of rotatable bonds is 10. The smallest absolute Gasteiger partial charge is 0.326 e. The van der Waals surface area contributed by atoms with Gasteiger partial charge in [-0.15, -0.1) is 0 Å². The van der Waals surface area contributed by atoms with Crippen LogP contribution in [0.2, 0.25) is 0 Å². The Bertz CT molecular complexity index is 623. The third-order valence-electron chi connectivity index (χ3n) is 4.41. The van der Waals surface area contributed by atoms with E-state index < -0.39 is 48.2 Å². The third kappa shape index (κ3) is 6.80. The van der Waals surface area contributed by atoms with E-state index in [1.165, 1.54) is 4.90 Å². The van der Waals surface area contributed by atoms with Gasteiger partial charge in [0.05, 0.1) is 13.0 Å². The van der Waals surface area contributed by atoms with Crippen molar-refractivity contribution in [3.63, 3.8) is 0 Å². The first-order valence-corrected chi connectivity index (χ1v) is 9.18. The minimum atomic E-state index is -1.49. The Hall–Kier alpha value is -2.69. The topological polar surface area (TPSA) is 185 Å². The molecule has 0 bridgehead atoms. The minimum absolute atomic E-state index is 0.0147. The fraction of sp³-hybridized carbons (Fsp3) is 0.706. The molecule has 1 rings (SSSR count). The molecule has 11 nitrogen and oxygen atoms in total. The lowest BCUT2D eigenvalue weighted by atomic mass is 10.0. The Morgan fingerprint density at radius 2 is 1.79 bits per heavy atom. The molecule has 3 atom stereocenters. The Morgan fingerprint density at radius 1 is 1.14 bits per heavy atom. The van der Waals surface area contributed by atoms with Crippen LogP contribution in [-0.4, -0.2) is 70.8 Å². The molecule has 1 heterocycles. The van der Waals surface area contributed by atoms with Crippen molar-refractivity contribution in [1.82, 2.24) is 15.5 Å². The monoisotopic (exact) mass is 399 g/mol. The number of hydrogen-bond acceptors (Lipinski definition) is 6. The molecule has 3 unspecified atom stereocenters. The minimum Gasteiger partial charge on any atom is -0.480 e. The number of nitrogens with one attached hydrogen (secondary N) is 2. The van der Waals surface area contributed by atoms with Crippen molar-refractivity contribution in [2.45, 2.75) is 57.7 Å². The average Bonchev–Trinajstić information content (AvgIpc) is 3.08. The average molecular weight is 399 g/mol. The summed E-state index contributed by atoms with van der Waals surface area (Å²) in [5, 5.41) is 14.0. The van der Waals surface area contributed by atoms with E-state index in [0.717, 1.165) is 0 Å². The highest BCUT2D eigenvalue weighted by Gasteiger charge is 2.36. The zero-order valence-electron chi connectivity index (χ0n) is 16.1. The SMILES string of the molecule is CC(C)CC(NC(=O)C1CCCN1C(=O)CN)C(=O)NC(CC(N)=O)C(=O)O. The summed E-state index contributed by atoms with van der Waals surface area (Å²) in [6.07, 6.45) is 0.778. The van der Waals surface area contributed by atoms with Gasteiger partial charge in [-0.2, -0.15) is 0 Å². The summed E-state index contributed by atoms with van der Waals surface area (Å²) in [6, 6.07) is -3.23. The zero-order valence-corrected chi connectivity index (χ0v) is 16.1. The number of nitrogens with zero attached hydrogens (tertiary/aromatic N) is 1. The van der Waals surface area contributed by atoms with E-state index in [0.29, 0.717) is 19.4 Å². The van der Waals surface area contributed by atoms with Gasteiger partial charge >= 0.3 is 5.97 Å². The fourth-order valence-corrected chi connectivity index (χ4v) is 3.10. The van der Waals surface area contributed by atoms with E-state index >= 15 is 0 Å². The van der Waals surface area contributed by atoms with Gasteiger partial charge in [0.2, 0.25) is 23.6 Å². The number of carbonyl (C=O) groups is 5. The third-order valence-corrected chi connectivity index (χ3v) is 4.41. The molecule has 1 aliphatic heterocycles. The molecular formula is C17H29N5O6. The van der Waals surface area contributed by atoms with Crippen molar-refractivity contribution in [2.24, 2.45) is 17.4 Å². The second kappa shape index (κ2) is 10.6. The van der Waals surface area contributed by atoms with E-state index in [1.807, 2.05) is 13.8 Å². The highest BCUT2D eigenvalue weighted by atomic mass is 16.4. The summed E-state index contributed by atoms with van der Waals surface area (Å²) in [5.74, 6) is -3.85. The lowest BCUT2D eigenvalue weighted by Gasteiger charge is -2.27. The molecule has 0 aromatic rings. The molecule has 0 radical (unpaired) electrons. The number of carboxylic acids is 1. The number of carbonyl (C=O) groups excluding carboxylic acids is 4. The summed E-state index contributed by atoms with van der Waals surface area (Å²) < 4.78 is 0. The predicted octanol–water partition coefficient (Wildman–Crippen LogP) is -2.09. The fourth-order valence-electron chi connectivity index (χ4n) is 3.10. The van der Waals surface area contributed by atoms with Crippen LogP contribution in [0.4, 0.5) is 0 Å². The summed E-state index contributed by atoms with van der Waals surface area (Å²) in [6.45, 7) is 3.87. The number of amides is 4. The van der Waals surface area contributed by atoms with E-state index in [-0.39, 0.29) is 24.8 Å². The van der Waals surface area contributed by atoms with Crippen LogP contribution in [0.25, 0.3) is 0 Å². The first-order chi connectivity index (χ1) is 13.1. The number of likely N-dealkylation sites (tertiary alicyclic amines) is 1. The van der Waals surface area contributed by atoms with Crippen LogP contribution in [-0.2, 0) is 24.0 Å². The van der Waals surface area contributed by atoms with Gasteiger partial charge in [-0.3, -0.25) is 19.2 Å². The molecule has 0 aromatic heterocycles. The molecule has 7 N–H and O–H groups in total. The second-order valence-corrected chi connectivity index (χ2v) is 7.21. The van der Waals surface area contributed by atoms with E-state index in [9.17, 15) is 24.0 Å². The number of aliphatic carboxylic acids is 1. The summed E-state index contributed by atoms with van der Waals surface area (Å²) >= 11 is 0. The van der Waals surface area contributed by atoms with Crippen molar-refractivity contribution in [1.29, 1.82) is 0 Å². The summed E-state index contributed by atoms with van der Waals surface area (Å²) in [4.78, 5) is 60.7. The largest absolute Gasteiger partial charge is 0.480 e. The molecule has 28 heavy (non-hydrogen) atoms. The van der Waals surface area contributed by atoms with Crippen LogP contribution in [0.3, 0.4) is 0 Å². The van der Waals surface area contributed by atoms with Crippen molar-refractivity contribution < 1.29 is 29.1 Å². The first kappa shape index (κ1) is 23.3. The molecule has 158 valence electrons. The van der Waals surface area contributed by atoms with Gasteiger partial charge in [0.25, 0.3) is 0 Å². The van der Waals surface area contributed by atoms with Crippen LogP contribution in [0.5, 0.6) is 0 Å². The van der Waals surface area contributed by atoms with Crippen LogP contribution in [0, 0.1) is 5.92 Å². The number of hydrogen-bond donors (Lipinski definition) is 5. The second-order valence-electron chi connectivity index (χ2n) is 7.21. The highest BCUT2D eigenvalue weighted by molar-refractivity contribution is 5.94. The van der Waals surface area contributed by atoms with Gasteiger partial charge in [-0.1, -0.05) is 13.8 Å². The molecule has 1 saturated heterocycles. The summed E-state index contributed by atoms with van der Waals surface area (Å²) in [7, 11) is 0. The van der Waals surface area contributed by atoms with Crippen molar-refractivity contribution in [2.75, 3.05) is 13.1 Å². The van der Waals surface area contributed by atoms with Crippen molar-refractivity contribution in [3.8, 4) is 0 Å². The molecule has 0 aromatic carbocycles. The predicted molar refractivity (Wildman–Crippen MR) is 98.6 cm³/mol. The maximum atomic E-state index is 12.7. The maximum Gasteiger partial charge on any atom is 0.326 e. The highest BCUT2D eigenvalue weighted by Crippen LogP contribution is 2.18. The number of carboxylic acid groups (broad SMARTS) is 1. The molecule has 11 heteroatoms. The van der Waals surface area contributed by atoms with Gasteiger partial charge in [0.15, 0.2) is 0 Å². The van der Waals surface area contributed by atoms with Crippen LogP contribution in [0.15, 0.2) is 0 Å². The first-order valence-electron chi connectivity index (χ1n) is 9.18. The Morgan fingerprint density at radius 3 is 2.29 bits per heavy atom. The standard InChI is InChI=1S/C17H29N5O6/c1-9(2)6-10(15(25)21-11(17(27)28)7-13(19)23)20-16(26)12-4-3-5-22(12)14(24)8-18/h9-12H,3-8,18H2,1-2H3,(H2,19,23)(H,20,26)(H,21,25)(H,27,28). The molecule has 0 spiro atoms. The molecular weight excluding hydrogens is 370 g/mol. The zero-order chi connectivity index (χ0) is 21.4. The van der Waals surface area contributed by atoms with Crippen LogP contribution >= 0.6 is 0 Å². The molecule has 0 aliphatic carbocycles. The van der Waals surface area contributed by atoms with E-state index in [1.54, 1.807) is 0 Å². The summed E-state index contributed by atoms with van der Waals surface area (Å²) in [5.41, 5.74) is 10.4. The lowest BCUT2D eigenvalue weighted by Crippen LogP contribution is -2.56. The van der Waals surface area contributed by atoms with Gasteiger partial charge in [0.1, 0.15) is 18.1 Å². The molecule has 1 aliphatic rings. The molecule has 4 amide bonds.